The minimum absolute atomic E-state index is 0.338. The Labute approximate surface area is 160 Å². The first-order chi connectivity index (χ1) is 13.2. The Balaban J connectivity index is 1.73. The number of nitrogens with one attached hydrogen (secondary N) is 2. The molecule has 0 radical (unpaired) electrons. The summed E-state index contributed by atoms with van der Waals surface area (Å²) in [5.74, 6) is -0.0188. The number of carbonyl (C=O) groups excluding carboxylic acids is 2. The van der Waals surface area contributed by atoms with Crippen molar-refractivity contribution in [1.29, 1.82) is 0 Å². The van der Waals surface area contributed by atoms with E-state index in [4.69, 9.17) is 4.74 Å². The number of amides is 2. The molecule has 0 saturated carbocycles. The molecule has 1 aromatic heterocycles. The van der Waals surface area contributed by atoms with Crippen LogP contribution in [0.25, 0.3) is 6.08 Å². The van der Waals surface area contributed by atoms with Crippen molar-refractivity contribution in [2.45, 2.75) is 0 Å². The Kier molecular flexibility index (Phi) is 5.96. The van der Waals surface area contributed by atoms with Crippen LogP contribution in [0.1, 0.15) is 15.9 Å². The average molecular weight is 379 g/mol. The molecule has 3 rings (SSSR count). The molecule has 1 heterocycles. The Bertz CT molecular complexity index is 968. The van der Waals surface area contributed by atoms with Crippen molar-refractivity contribution in [2.75, 3.05) is 17.7 Å². The maximum atomic E-state index is 12.4. The lowest BCUT2D eigenvalue weighted by Gasteiger charge is -2.09. The zero-order valence-corrected chi connectivity index (χ0v) is 15.3. The van der Waals surface area contributed by atoms with Gasteiger partial charge in [0, 0.05) is 23.2 Å². The number of para-hydroxylation sites is 2. The quantitative estimate of drug-likeness (QED) is 0.633. The van der Waals surface area contributed by atoms with Gasteiger partial charge in [-0.05, 0) is 24.3 Å². The first-order valence-corrected chi connectivity index (χ1v) is 8.97. The molecule has 0 bridgehead atoms. The van der Waals surface area contributed by atoms with Gasteiger partial charge in [0.2, 0.25) is 5.91 Å². The molecule has 0 unspecified atom stereocenters. The van der Waals surface area contributed by atoms with E-state index in [9.17, 15) is 9.59 Å². The van der Waals surface area contributed by atoms with Gasteiger partial charge in [-0.15, -0.1) is 11.3 Å². The van der Waals surface area contributed by atoms with Gasteiger partial charge in [0.05, 0.1) is 18.4 Å². The fraction of sp³-hybridized carbons (Fsp3) is 0.0500. The lowest BCUT2D eigenvalue weighted by Crippen LogP contribution is -2.16. The Morgan fingerprint density at radius 2 is 1.85 bits per heavy atom. The molecule has 0 aliphatic heterocycles. The van der Waals surface area contributed by atoms with E-state index in [1.165, 1.54) is 17.4 Å². The van der Waals surface area contributed by atoms with Gasteiger partial charge in [0.1, 0.15) is 5.75 Å². The number of rotatable bonds is 6. The van der Waals surface area contributed by atoms with E-state index in [1.807, 2.05) is 24.3 Å². The van der Waals surface area contributed by atoms with Crippen molar-refractivity contribution in [3.63, 3.8) is 0 Å². The van der Waals surface area contributed by atoms with Crippen molar-refractivity contribution < 1.29 is 14.3 Å². The van der Waals surface area contributed by atoms with Gasteiger partial charge in [0.15, 0.2) is 5.13 Å². The van der Waals surface area contributed by atoms with Gasteiger partial charge in [-0.25, -0.2) is 4.98 Å². The number of ether oxygens (including phenoxy) is 1. The summed E-state index contributed by atoms with van der Waals surface area (Å²) in [6.07, 6.45) is 4.66. The molecule has 3 aromatic rings. The van der Waals surface area contributed by atoms with E-state index in [0.29, 0.717) is 22.1 Å². The summed E-state index contributed by atoms with van der Waals surface area (Å²) >= 11 is 1.32. The summed E-state index contributed by atoms with van der Waals surface area (Å²) in [5.41, 5.74) is 1.55. The second kappa shape index (κ2) is 8.77. The maximum Gasteiger partial charge on any atom is 0.259 e. The zero-order chi connectivity index (χ0) is 19.1. The Morgan fingerprint density at radius 1 is 1.07 bits per heavy atom. The highest BCUT2D eigenvalue weighted by molar-refractivity contribution is 7.13. The van der Waals surface area contributed by atoms with Crippen molar-refractivity contribution in [3.05, 3.63) is 77.3 Å². The van der Waals surface area contributed by atoms with E-state index >= 15 is 0 Å². The standard InChI is InChI=1S/C20H17N3O3S/c1-26-17-9-5-2-6-14(17)10-11-18(24)22-16-8-4-3-7-15(16)19(25)23-20-21-12-13-27-20/h2-13H,1H3,(H,22,24)(H,21,23,25)/b11-10+. The topological polar surface area (TPSA) is 80.3 Å². The third-order valence-electron chi connectivity index (χ3n) is 3.64. The number of aromatic nitrogens is 1. The van der Waals surface area contributed by atoms with E-state index in [1.54, 1.807) is 49.0 Å². The Morgan fingerprint density at radius 3 is 2.63 bits per heavy atom. The molecule has 2 amide bonds. The summed E-state index contributed by atoms with van der Waals surface area (Å²) in [6, 6.07) is 14.2. The average Bonchev–Trinajstić information content (AvgIpc) is 3.20. The molecule has 6 nitrogen and oxygen atoms in total. The predicted octanol–water partition coefficient (Wildman–Crippen LogP) is 4.06. The van der Waals surface area contributed by atoms with Crippen LogP contribution in [0.2, 0.25) is 0 Å². The summed E-state index contributed by atoms with van der Waals surface area (Å²) in [6.45, 7) is 0. The molecule has 136 valence electrons. The fourth-order valence-corrected chi connectivity index (χ4v) is 2.91. The van der Waals surface area contributed by atoms with Crippen LogP contribution in [-0.2, 0) is 4.79 Å². The summed E-state index contributed by atoms with van der Waals surface area (Å²) in [4.78, 5) is 28.8. The SMILES string of the molecule is COc1ccccc1/C=C/C(=O)Nc1ccccc1C(=O)Nc1nccs1. The largest absolute Gasteiger partial charge is 0.496 e. The molecule has 0 aliphatic carbocycles. The van der Waals surface area contributed by atoms with Crippen LogP contribution in [-0.4, -0.2) is 23.9 Å². The molecule has 7 heteroatoms. The second-order valence-corrected chi connectivity index (χ2v) is 6.30. The van der Waals surface area contributed by atoms with Crippen LogP contribution in [0.3, 0.4) is 0 Å². The number of benzene rings is 2. The van der Waals surface area contributed by atoms with Crippen LogP contribution in [0.5, 0.6) is 5.75 Å². The lowest BCUT2D eigenvalue weighted by molar-refractivity contribution is -0.111. The number of carbonyl (C=O) groups is 2. The van der Waals surface area contributed by atoms with E-state index in [2.05, 4.69) is 15.6 Å². The van der Waals surface area contributed by atoms with Crippen molar-refractivity contribution in [3.8, 4) is 5.75 Å². The lowest BCUT2D eigenvalue weighted by atomic mass is 10.1. The van der Waals surface area contributed by atoms with Gasteiger partial charge >= 0.3 is 0 Å². The first kappa shape index (κ1) is 18.3. The van der Waals surface area contributed by atoms with E-state index in [-0.39, 0.29) is 11.8 Å². The molecule has 27 heavy (non-hydrogen) atoms. The molecule has 0 saturated heterocycles. The molecule has 2 aromatic carbocycles. The molecular formula is C20H17N3O3S. The molecule has 0 aliphatic rings. The van der Waals surface area contributed by atoms with Crippen LogP contribution in [0, 0.1) is 0 Å². The molecule has 0 fully saturated rings. The third kappa shape index (κ3) is 4.80. The van der Waals surface area contributed by atoms with Crippen molar-refractivity contribution >= 4 is 40.0 Å². The predicted molar refractivity (Wildman–Crippen MR) is 107 cm³/mol. The number of nitrogens with zero attached hydrogens (tertiary/aromatic N) is 1. The summed E-state index contributed by atoms with van der Waals surface area (Å²) < 4.78 is 5.26. The monoisotopic (exact) mass is 379 g/mol. The smallest absolute Gasteiger partial charge is 0.259 e. The number of methoxy groups -OCH3 is 1. The summed E-state index contributed by atoms with van der Waals surface area (Å²) in [7, 11) is 1.57. The van der Waals surface area contributed by atoms with Crippen LogP contribution in [0.4, 0.5) is 10.8 Å². The van der Waals surface area contributed by atoms with Gasteiger partial charge in [-0.3, -0.25) is 14.9 Å². The third-order valence-corrected chi connectivity index (χ3v) is 4.32. The highest BCUT2D eigenvalue weighted by Gasteiger charge is 2.13. The van der Waals surface area contributed by atoms with Gasteiger partial charge < -0.3 is 10.1 Å². The fourth-order valence-electron chi connectivity index (χ4n) is 2.38. The van der Waals surface area contributed by atoms with Crippen LogP contribution < -0.4 is 15.4 Å². The minimum atomic E-state index is -0.351. The highest BCUT2D eigenvalue weighted by Crippen LogP contribution is 2.20. The molecule has 0 atom stereocenters. The second-order valence-electron chi connectivity index (χ2n) is 5.40. The van der Waals surface area contributed by atoms with E-state index in [0.717, 1.165) is 5.56 Å². The van der Waals surface area contributed by atoms with Crippen LogP contribution >= 0.6 is 11.3 Å². The Hall–Kier alpha value is -3.45. The zero-order valence-electron chi connectivity index (χ0n) is 14.5. The highest BCUT2D eigenvalue weighted by atomic mass is 32.1. The number of hydrogen-bond acceptors (Lipinski definition) is 5. The van der Waals surface area contributed by atoms with Gasteiger partial charge in [-0.1, -0.05) is 30.3 Å². The maximum absolute atomic E-state index is 12.4. The number of hydrogen-bond donors (Lipinski definition) is 2. The first-order valence-electron chi connectivity index (χ1n) is 8.09. The van der Waals surface area contributed by atoms with Crippen molar-refractivity contribution in [1.82, 2.24) is 4.98 Å². The molecule has 0 spiro atoms. The van der Waals surface area contributed by atoms with Gasteiger partial charge in [-0.2, -0.15) is 0 Å². The minimum Gasteiger partial charge on any atom is -0.496 e. The van der Waals surface area contributed by atoms with Crippen molar-refractivity contribution in [2.24, 2.45) is 0 Å². The van der Waals surface area contributed by atoms with E-state index < -0.39 is 0 Å². The normalized spacial score (nSPS) is 10.6. The number of anilines is 2. The van der Waals surface area contributed by atoms with Crippen LogP contribution in [0.15, 0.2) is 66.2 Å². The summed E-state index contributed by atoms with van der Waals surface area (Å²) in [5, 5.41) is 7.71. The van der Waals surface area contributed by atoms with Gasteiger partial charge in [0.25, 0.3) is 5.91 Å². The molecule has 2 N–H and O–H groups in total. The number of thiazole rings is 1. The molecular weight excluding hydrogens is 362 g/mol.